The second-order valence-electron chi connectivity index (χ2n) is 8.03. The lowest BCUT2D eigenvalue weighted by Gasteiger charge is -2.20. The van der Waals surface area contributed by atoms with Crippen LogP contribution in [0.1, 0.15) is 124 Å². The van der Waals surface area contributed by atoms with E-state index in [0.717, 1.165) is 32.1 Å². The van der Waals surface area contributed by atoms with Crippen LogP contribution >= 0.6 is 0 Å². The highest BCUT2D eigenvalue weighted by Crippen LogP contribution is 2.19. The minimum absolute atomic E-state index is 0.244. The number of hydrogen-bond acceptors (Lipinski definition) is 3. The third kappa shape index (κ3) is 14.0. The molecule has 0 amide bonds. The van der Waals surface area contributed by atoms with Gasteiger partial charge in [-0.15, -0.1) is 0 Å². The second-order valence-corrected chi connectivity index (χ2v) is 10.4. The highest BCUT2D eigenvalue weighted by Gasteiger charge is 2.28. The summed E-state index contributed by atoms with van der Waals surface area (Å²) < 4.78 is 25.1. The molecule has 0 saturated carbocycles. The van der Waals surface area contributed by atoms with E-state index in [2.05, 4.69) is 13.8 Å². The lowest BCUT2D eigenvalue weighted by molar-refractivity contribution is 0.182. The van der Waals surface area contributed by atoms with E-state index < -0.39 is 21.2 Å². The Morgan fingerprint density at radius 1 is 0.654 bits per heavy atom. The van der Waals surface area contributed by atoms with Gasteiger partial charge >= 0.3 is 0 Å². The summed E-state index contributed by atoms with van der Waals surface area (Å²) >= 11 is 0. The molecule has 0 aliphatic heterocycles. The van der Waals surface area contributed by atoms with Gasteiger partial charge in [-0.2, -0.15) is 0 Å². The molecule has 3 nitrogen and oxygen atoms in total. The Hall–Kier alpha value is -0.0900. The fraction of sp³-hybridized carbons (Fsp3) is 1.00. The van der Waals surface area contributed by atoms with Gasteiger partial charge in [0.1, 0.15) is 0 Å². The van der Waals surface area contributed by atoms with Crippen LogP contribution in [0.2, 0.25) is 0 Å². The van der Waals surface area contributed by atoms with Gasteiger partial charge in [0.25, 0.3) is 0 Å². The molecule has 0 rings (SSSR count). The van der Waals surface area contributed by atoms with Crippen molar-refractivity contribution in [3.05, 3.63) is 0 Å². The molecule has 0 radical (unpaired) electrons. The molecule has 0 aromatic carbocycles. The smallest absolute Gasteiger partial charge is 0.155 e. The van der Waals surface area contributed by atoms with Gasteiger partial charge in [-0.25, -0.2) is 8.42 Å². The lowest BCUT2D eigenvalue weighted by atomic mass is 10.1. The summed E-state index contributed by atoms with van der Waals surface area (Å²) in [4.78, 5) is 0. The van der Waals surface area contributed by atoms with Crippen LogP contribution in [0.25, 0.3) is 0 Å². The van der Waals surface area contributed by atoms with E-state index in [-0.39, 0.29) is 5.75 Å². The molecule has 4 heteroatoms. The fourth-order valence-corrected chi connectivity index (χ4v) is 5.65. The zero-order valence-corrected chi connectivity index (χ0v) is 18.7. The summed E-state index contributed by atoms with van der Waals surface area (Å²) in [5.74, 6) is 0.244. The molecule has 0 aliphatic rings. The maximum atomic E-state index is 12.6. The standard InChI is InChI=1S/C22H46O3S/c1-4-6-8-10-11-12-13-14-16-18-20-26(24,25)22(21(3)23)19-17-15-9-7-5-2/h21-23H,4-20H2,1-3H3. The number of hydrogen-bond donors (Lipinski definition) is 1. The zero-order chi connectivity index (χ0) is 19.7. The van der Waals surface area contributed by atoms with Gasteiger partial charge in [0.2, 0.25) is 0 Å². The van der Waals surface area contributed by atoms with Crippen molar-refractivity contribution in [3.8, 4) is 0 Å². The molecule has 0 bridgehead atoms. The Kier molecular flexibility index (Phi) is 17.0. The van der Waals surface area contributed by atoms with Crippen LogP contribution in [0.5, 0.6) is 0 Å². The van der Waals surface area contributed by atoms with Crippen LogP contribution in [-0.2, 0) is 9.84 Å². The van der Waals surface area contributed by atoms with Gasteiger partial charge < -0.3 is 5.11 Å². The van der Waals surface area contributed by atoms with Crippen LogP contribution in [0.4, 0.5) is 0 Å². The summed E-state index contributed by atoms with van der Waals surface area (Å²) in [7, 11) is -3.17. The number of aliphatic hydroxyl groups is 1. The molecular weight excluding hydrogens is 344 g/mol. The Labute approximate surface area is 164 Å². The lowest BCUT2D eigenvalue weighted by Crippen LogP contribution is -2.34. The molecule has 0 aromatic heterocycles. The van der Waals surface area contributed by atoms with Crippen molar-refractivity contribution in [2.24, 2.45) is 0 Å². The van der Waals surface area contributed by atoms with Crippen molar-refractivity contribution in [2.45, 2.75) is 135 Å². The third-order valence-corrected chi connectivity index (χ3v) is 7.78. The van der Waals surface area contributed by atoms with E-state index in [0.29, 0.717) is 6.42 Å². The van der Waals surface area contributed by atoms with Gasteiger partial charge in [0.15, 0.2) is 9.84 Å². The molecule has 26 heavy (non-hydrogen) atoms. The molecule has 2 atom stereocenters. The topological polar surface area (TPSA) is 54.4 Å². The van der Waals surface area contributed by atoms with Crippen molar-refractivity contribution < 1.29 is 13.5 Å². The average molecular weight is 391 g/mol. The normalized spacial score (nSPS) is 14.5. The molecule has 0 heterocycles. The van der Waals surface area contributed by atoms with Crippen molar-refractivity contribution in [1.82, 2.24) is 0 Å². The Morgan fingerprint density at radius 2 is 1.04 bits per heavy atom. The monoisotopic (exact) mass is 390 g/mol. The summed E-state index contributed by atoms with van der Waals surface area (Å²) in [6, 6.07) is 0. The van der Waals surface area contributed by atoms with Crippen molar-refractivity contribution >= 4 is 9.84 Å². The quantitative estimate of drug-likeness (QED) is 0.258. The van der Waals surface area contributed by atoms with Crippen LogP contribution in [-0.4, -0.2) is 30.6 Å². The first-order valence-electron chi connectivity index (χ1n) is 11.3. The molecule has 0 aliphatic carbocycles. The zero-order valence-electron chi connectivity index (χ0n) is 17.8. The molecule has 0 spiro atoms. The van der Waals surface area contributed by atoms with Gasteiger partial charge in [-0.05, 0) is 19.8 Å². The fourth-order valence-electron chi connectivity index (χ4n) is 3.61. The van der Waals surface area contributed by atoms with E-state index in [1.54, 1.807) is 6.92 Å². The summed E-state index contributed by atoms with van der Waals surface area (Å²) in [5, 5.41) is 9.37. The third-order valence-electron chi connectivity index (χ3n) is 5.37. The first kappa shape index (κ1) is 25.9. The number of rotatable bonds is 19. The van der Waals surface area contributed by atoms with E-state index in [1.165, 1.54) is 64.2 Å². The molecule has 2 unspecified atom stereocenters. The molecule has 158 valence electrons. The number of aliphatic hydroxyl groups excluding tert-OH is 1. The first-order chi connectivity index (χ1) is 12.5. The molecular formula is C22H46O3S. The van der Waals surface area contributed by atoms with E-state index in [4.69, 9.17) is 0 Å². The van der Waals surface area contributed by atoms with Gasteiger partial charge in [-0.1, -0.05) is 104 Å². The maximum Gasteiger partial charge on any atom is 0.155 e. The highest BCUT2D eigenvalue weighted by atomic mass is 32.2. The Balaban J connectivity index is 3.89. The van der Waals surface area contributed by atoms with E-state index in [9.17, 15) is 13.5 Å². The number of sulfone groups is 1. The summed E-state index contributed by atoms with van der Waals surface area (Å²) in [5.41, 5.74) is 0. The van der Waals surface area contributed by atoms with Gasteiger partial charge in [0, 0.05) is 0 Å². The van der Waals surface area contributed by atoms with Crippen LogP contribution in [0, 0.1) is 0 Å². The van der Waals surface area contributed by atoms with Crippen LogP contribution < -0.4 is 0 Å². The summed E-state index contributed by atoms with van der Waals surface area (Å²) in [6.45, 7) is 6.05. The minimum atomic E-state index is -3.17. The first-order valence-corrected chi connectivity index (χ1v) is 13.1. The Bertz CT molecular complexity index is 390. The highest BCUT2D eigenvalue weighted by molar-refractivity contribution is 7.92. The molecule has 1 N–H and O–H groups in total. The Morgan fingerprint density at radius 3 is 1.46 bits per heavy atom. The predicted molar refractivity (Wildman–Crippen MR) is 114 cm³/mol. The maximum absolute atomic E-state index is 12.6. The predicted octanol–water partition coefficient (Wildman–Crippen LogP) is 6.43. The van der Waals surface area contributed by atoms with Crippen molar-refractivity contribution in [3.63, 3.8) is 0 Å². The second kappa shape index (κ2) is 17.0. The van der Waals surface area contributed by atoms with E-state index >= 15 is 0 Å². The van der Waals surface area contributed by atoms with Crippen molar-refractivity contribution in [2.75, 3.05) is 5.75 Å². The summed E-state index contributed by atoms with van der Waals surface area (Å²) in [6.07, 6.45) is 17.5. The average Bonchev–Trinajstić information content (AvgIpc) is 2.59. The SMILES string of the molecule is CCCCCCCCCCCCS(=O)(=O)C(CCCCCCC)C(C)O. The van der Waals surface area contributed by atoms with E-state index in [1.807, 2.05) is 0 Å². The molecule has 0 aromatic rings. The molecule has 0 saturated heterocycles. The largest absolute Gasteiger partial charge is 0.392 e. The van der Waals surface area contributed by atoms with Crippen LogP contribution in [0.15, 0.2) is 0 Å². The van der Waals surface area contributed by atoms with Gasteiger partial charge in [-0.3, -0.25) is 0 Å². The number of unbranched alkanes of at least 4 members (excludes halogenated alkanes) is 13. The van der Waals surface area contributed by atoms with Crippen molar-refractivity contribution in [1.29, 1.82) is 0 Å². The van der Waals surface area contributed by atoms with Crippen LogP contribution in [0.3, 0.4) is 0 Å². The minimum Gasteiger partial charge on any atom is -0.392 e. The molecule has 0 fully saturated rings. The van der Waals surface area contributed by atoms with Gasteiger partial charge in [0.05, 0.1) is 17.1 Å².